The maximum absolute atomic E-state index is 11.8. The molecule has 0 spiro atoms. The van der Waals surface area contributed by atoms with Crippen LogP contribution in [0.25, 0.3) is 0 Å². The molecule has 0 aliphatic rings. The van der Waals surface area contributed by atoms with Crippen molar-refractivity contribution in [2.45, 2.75) is 33.1 Å². The van der Waals surface area contributed by atoms with Gasteiger partial charge in [0.25, 0.3) is 0 Å². The fourth-order valence-electron chi connectivity index (χ4n) is 1.85. The second-order valence-electron chi connectivity index (χ2n) is 4.72. The van der Waals surface area contributed by atoms with E-state index in [0.29, 0.717) is 22.3 Å². The molecular weight excluding hydrogens is 311 g/mol. The first kappa shape index (κ1) is 17.8. The molecule has 0 atom stereocenters. The molecule has 0 aliphatic heterocycles. The van der Waals surface area contributed by atoms with Crippen molar-refractivity contribution in [3.05, 3.63) is 28.2 Å². The SMILES string of the molecule is CCCCNC(=O)CCN(C(C)=O)c1ccc(Cl)cc1Cl. The highest BCUT2D eigenvalue weighted by Gasteiger charge is 2.16. The highest BCUT2D eigenvalue weighted by atomic mass is 35.5. The summed E-state index contributed by atoms with van der Waals surface area (Å²) in [5.74, 6) is -0.236. The number of nitrogens with zero attached hydrogens (tertiary/aromatic N) is 1. The molecule has 0 fully saturated rings. The quantitative estimate of drug-likeness (QED) is 0.775. The number of halogens is 2. The fourth-order valence-corrected chi connectivity index (χ4v) is 2.36. The Bertz CT molecular complexity index is 506. The summed E-state index contributed by atoms with van der Waals surface area (Å²) < 4.78 is 0. The van der Waals surface area contributed by atoms with Gasteiger partial charge >= 0.3 is 0 Å². The van der Waals surface area contributed by atoms with Gasteiger partial charge in [-0.2, -0.15) is 0 Å². The molecule has 0 radical (unpaired) electrons. The largest absolute Gasteiger partial charge is 0.356 e. The van der Waals surface area contributed by atoms with Crippen LogP contribution in [-0.4, -0.2) is 24.9 Å². The van der Waals surface area contributed by atoms with Gasteiger partial charge in [-0.05, 0) is 24.6 Å². The normalized spacial score (nSPS) is 10.3. The summed E-state index contributed by atoms with van der Waals surface area (Å²) in [5, 5.41) is 3.72. The third-order valence-corrected chi connectivity index (χ3v) is 3.53. The Balaban J connectivity index is 2.66. The summed E-state index contributed by atoms with van der Waals surface area (Å²) in [5.41, 5.74) is 0.565. The zero-order valence-corrected chi connectivity index (χ0v) is 13.8. The predicted molar refractivity (Wildman–Crippen MR) is 87.0 cm³/mol. The minimum atomic E-state index is -0.166. The maximum atomic E-state index is 11.8. The van der Waals surface area contributed by atoms with Crippen LogP contribution >= 0.6 is 23.2 Å². The standard InChI is InChI=1S/C15H20Cl2N2O2/c1-3-4-8-18-15(21)7-9-19(11(2)20)14-6-5-12(16)10-13(14)17/h5-6,10H,3-4,7-9H2,1-2H3,(H,18,21). The van der Waals surface area contributed by atoms with E-state index < -0.39 is 0 Å². The number of amides is 2. The van der Waals surface area contributed by atoms with Crippen LogP contribution in [0.4, 0.5) is 5.69 Å². The number of unbranched alkanes of at least 4 members (excludes halogenated alkanes) is 1. The van der Waals surface area contributed by atoms with Crippen molar-refractivity contribution >= 4 is 40.7 Å². The average molecular weight is 331 g/mol. The van der Waals surface area contributed by atoms with E-state index in [4.69, 9.17) is 23.2 Å². The van der Waals surface area contributed by atoms with Crippen molar-refractivity contribution in [3.63, 3.8) is 0 Å². The van der Waals surface area contributed by atoms with Gasteiger partial charge in [0.05, 0.1) is 10.7 Å². The van der Waals surface area contributed by atoms with Gasteiger partial charge < -0.3 is 10.2 Å². The number of nitrogens with one attached hydrogen (secondary N) is 1. The lowest BCUT2D eigenvalue weighted by Gasteiger charge is -2.22. The van der Waals surface area contributed by atoms with E-state index in [0.717, 1.165) is 12.8 Å². The van der Waals surface area contributed by atoms with E-state index >= 15 is 0 Å². The summed E-state index contributed by atoms with van der Waals surface area (Å²) in [4.78, 5) is 25.0. The molecule has 0 saturated heterocycles. The summed E-state index contributed by atoms with van der Waals surface area (Å²) >= 11 is 12.0. The van der Waals surface area contributed by atoms with Crippen molar-refractivity contribution in [2.75, 3.05) is 18.0 Å². The first-order valence-electron chi connectivity index (χ1n) is 6.95. The van der Waals surface area contributed by atoms with Gasteiger partial charge in [0.1, 0.15) is 0 Å². The van der Waals surface area contributed by atoms with E-state index in [-0.39, 0.29) is 24.8 Å². The first-order valence-corrected chi connectivity index (χ1v) is 7.71. The summed E-state index contributed by atoms with van der Waals surface area (Å²) in [6.45, 7) is 4.46. The van der Waals surface area contributed by atoms with Crippen LogP contribution in [0.1, 0.15) is 33.1 Å². The third kappa shape index (κ3) is 5.94. The van der Waals surface area contributed by atoms with Crippen LogP contribution in [0.3, 0.4) is 0 Å². The van der Waals surface area contributed by atoms with Gasteiger partial charge in [-0.1, -0.05) is 36.5 Å². The molecule has 1 aromatic carbocycles. The van der Waals surface area contributed by atoms with Crippen LogP contribution < -0.4 is 10.2 Å². The van der Waals surface area contributed by atoms with Gasteiger partial charge in [0.15, 0.2) is 0 Å². The molecule has 0 bridgehead atoms. The molecule has 21 heavy (non-hydrogen) atoms. The van der Waals surface area contributed by atoms with E-state index in [1.54, 1.807) is 18.2 Å². The smallest absolute Gasteiger partial charge is 0.223 e. The summed E-state index contributed by atoms with van der Waals surface area (Å²) in [7, 11) is 0. The highest BCUT2D eigenvalue weighted by molar-refractivity contribution is 6.36. The fraction of sp³-hybridized carbons (Fsp3) is 0.467. The molecule has 0 saturated carbocycles. The van der Waals surface area contributed by atoms with Crippen molar-refractivity contribution in [3.8, 4) is 0 Å². The van der Waals surface area contributed by atoms with Crippen LogP contribution in [0.15, 0.2) is 18.2 Å². The number of carbonyl (C=O) groups excluding carboxylic acids is 2. The molecule has 4 nitrogen and oxygen atoms in total. The molecular formula is C15H20Cl2N2O2. The van der Waals surface area contributed by atoms with Crippen LogP contribution in [0.2, 0.25) is 10.0 Å². The zero-order chi connectivity index (χ0) is 15.8. The Morgan fingerprint density at radius 3 is 2.57 bits per heavy atom. The van der Waals surface area contributed by atoms with Crippen LogP contribution in [-0.2, 0) is 9.59 Å². The van der Waals surface area contributed by atoms with Crippen molar-refractivity contribution in [2.24, 2.45) is 0 Å². The van der Waals surface area contributed by atoms with Crippen LogP contribution in [0.5, 0.6) is 0 Å². The van der Waals surface area contributed by atoms with E-state index in [2.05, 4.69) is 12.2 Å². The third-order valence-electron chi connectivity index (χ3n) is 3.00. The number of hydrogen-bond acceptors (Lipinski definition) is 2. The van der Waals surface area contributed by atoms with Crippen molar-refractivity contribution in [1.29, 1.82) is 0 Å². The lowest BCUT2D eigenvalue weighted by atomic mass is 10.2. The molecule has 1 N–H and O–H groups in total. The predicted octanol–water partition coefficient (Wildman–Crippen LogP) is 3.65. The molecule has 0 unspecified atom stereocenters. The molecule has 0 aliphatic carbocycles. The lowest BCUT2D eigenvalue weighted by Crippen LogP contribution is -2.34. The summed E-state index contributed by atoms with van der Waals surface area (Å²) in [6.07, 6.45) is 2.22. The number of rotatable bonds is 7. The lowest BCUT2D eigenvalue weighted by molar-refractivity contribution is -0.121. The molecule has 1 rings (SSSR count). The number of anilines is 1. The molecule has 1 aromatic rings. The van der Waals surface area contributed by atoms with Crippen molar-refractivity contribution < 1.29 is 9.59 Å². The van der Waals surface area contributed by atoms with Gasteiger partial charge in [0, 0.05) is 31.5 Å². The maximum Gasteiger partial charge on any atom is 0.223 e. The zero-order valence-electron chi connectivity index (χ0n) is 12.3. The van der Waals surface area contributed by atoms with Gasteiger partial charge in [-0.3, -0.25) is 9.59 Å². The second kappa shape index (κ2) is 8.90. The summed E-state index contributed by atoms with van der Waals surface area (Å²) in [6, 6.07) is 4.93. The highest BCUT2D eigenvalue weighted by Crippen LogP contribution is 2.29. The van der Waals surface area contributed by atoms with E-state index in [1.807, 2.05) is 0 Å². The second-order valence-corrected chi connectivity index (χ2v) is 5.56. The topological polar surface area (TPSA) is 49.4 Å². The van der Waals surface area contributed by atoms with Gasteiger partial charge in [0.2, 0.25) is 11.8 Å². The Morgan fingerprint density at radius 1 is 1.29 bits per heavy atom. The Hall–Kier alpha value is -1.26. The van der Waals surface area contributed by atoms with Gasteiger partial charge in [-0.15, -0.1) is 0 Å². The number of benzene rings is 1. The minimum Gasteiger partial charge on any atom is -0.356 e. The molecule has 0 heterocycles. The average Bonchev–Trinajstić information content (AvgIpc) is 2.41. The minimum absolute atomic E-state index is 0.0696. The molecule has 0 aromatic heterocycles. The molecule has 2 amide bonds. The monoisotopic (exact) mass is 330 g/mol. The van der Waals surface area contributed by atoms with Crippen LogP contribution in [0, 0.1) is 0 Å². The van der Waals surface area contributed by atoms with Gasteiger partial charge in [-0.25, -0.2) is 0 Å². The number of hydrogen-bond donors (Lipinski definition) is 1. The van der Waals surface area contributed by atoms with Crippen molar-refractivity contribution in [1.82, 2.24) is 5.32 Å². The molecule has 6 heteroatoms. The van der Waals surface area contributed by atoms with E-state index in [1.165, 1.54) is 11.8 Å². The molecule has 116 valence electrons. The Morgan fingerprint density at radius 2 is 2.00 bits per heavy atom. The Kier molecular flexibility index (Phi) is 7.54. The number of carbonyl (C=O) groups is 2. The first-order chi connectivity index (χ1) is 9.95. The van der Waals surface area contributed by atoms with E-state index in [9.17, 15) is 9.59 Å². The Labute approximate surface area is 135 Å².